The Morgan fingerprint density at radius 3 is 2.67 bits per heavy atom. The fourth-order valence-corrected chi connectivity index (χ4v) is 7.49. The maximum atomic E-state index is 13.2. The first-order valence-corrected chi connectivity index (χ1v) is 16.0. The smallest absolute Gasteiger partial charge is 0.341 e. The van der Waals surface area contributed by atoms with Crippen LogP contribution in [0, 0.1) is 0 Å². The Labute approximate surface area is 258 Å². The molecule has 0 fully saturated rings. The van der Waals surface area contributed by atoms with E-state index in [2.05, 4.69) is 22.1 Å². The Hall–Kier alpha value is -4.28. The molecule has 3 heterocycles. The minimum absolute atomic E-state index is 0.102. The third-order valence-corrected chi connectivity index (χ3v) is 9.63. The zero-order chi connectivity index (χ0) is 29.8. The number of amides is 1. The number of rotatable bonds is 9. The minimum Gasteiger partial charge on any atom is -0.465 e. The number of benzene rings is 2. The summed E-state index contributed by atoms with van der Waals surface area (Å²) in [5.74, 6) is 0.151. The number of esters is 1. The maximum Gasteiger partial charge on any atom is 0.341 e. The molecule has 0 saturated carbocycles. The SMILES string of the molecule is C=CCn1c(SCC(=O)Nc2sc3c(c2C(=O)OC)CCCCC3)nnc1-c1cc(-c2ccccc2)nc2ccccc12. The van der Waals surface area contributed by atoms with Gasteiger partial charge < -0.3 is 10.1 Å². The lowest BCUT2D eigenvalue weighted by Gasteiger charge is -2.12. The third-order valence-electron chi connectivity index (χ3n) is 7.45. The summed E-state index contributed by atoms with van der Waals surface area (Å²) < 4.78 is 7.05. The highest BCUT2D eigenvalue weighted by molar-refractivity contribution is 7.99. The molecule has 3 aromatic heterocycles. The molecule has 1 N–H and O–H groups in total. The summed E-state index contributed by atoms with van der Waals surface area (Å²) in [6.45, 7) is 4.41. The molecule has 0 unspecified atom stereocenters. The predicted octanol–water partition coefficient (Wildman–Crippen LogP) is 7.19. The van der Waals surface area contributed by atoms with Gasteiger partial charge in [-0.3, -0.25) is 9.36 Å². The Morgan fingerprint density at radius 1 is 1.07 bits per heavy atom. The number of hydrogen-bond acceptors (Lipinski definition) is 8. The van der Waals surface area contributed by atoms with Crippen molar-refractivity contribution in [3.8, 4) is 22.6 Å². The molecule has 1 aliphatic rings. The van der Waals surface area contributed by atoms with Crippen molar-refractivity contribution in [2.75, 3.05) is 18.2 Å². The van der Waals surface area contributed by atoms with Crippen LogP contribution in [0.25, 0.3) is 33.5 Å². The average molecular weight is 610 g/mol. The van der Waals surface area contributed by atoms with Gasteiger partial charge in [0.25, 0.3) is 0 Å². The van der Waals surface area contributed by atoms with E-state index in [0.29, 0.717) is 28.1 Å². The molecule has 6 rings (SSSR count). The van der Waals surface area contributed by atoms with E-state index >= 15 is 0 Å². The van der Waals surface area contributed by atoms with E-state index in [1.165, 1.54) is 30.2 Å². The number of nitrogens with zero attached hydrogens (tertiary/aromatic N) is 4. The molecule has 0 bridgehead atoms. The lowest BCUT2D eigenvalue weighted by Crippen LogP contribution is -2.16. The van der Waals surface area contributed by atoms with Gasteiger partial charge in [0, 0.05) is 27.9 Å². The summed E-state index contributed by atoms with van der Waals surface area (Å²) in [7, 11) is 1.38. The molecule has 218 valence electrons. The summed E-state index contributed by atoms with van der Waals surface area (Å²) in [6, 6.07) is 20.1. The molecular formula is C33H31N5O3S2. The van der Waals surface area contributed by atoms with Crippen molar-refractivity contribution in [1.29, 1.82) is 0 Å². The van der Waals surface area contributed by atoms with E-state index in [4.69, 9.17) is 9.72 Å². The van der Waals surface area contributed by atoms with Crippen molar-refractivity contribution < 1.29 is 14.3 Å². The van der Waals surface area contributed by atoms with Crippen LogP contribution in [-0.2, 0) is 28.9 Å². The molecule has 0 radical (unpaired) electrons. The topological polar surface area (TPSA) is 99.0 Å². The van der Waals surface area contributed by atoms with Gasteiger partial charge in [-0.15, -0.1) is 28.1 Å². The van der Waals surface area contributed by atoms with E-state index in [0.717, 1.165) is 70.3 Å². The Kier molecular flexibility index (Phi) is 8.67. The van der Waals surface area contributed by atoms with Crippen LogP contribution in [0.3, 0.4) is 0 Å². The van der Waals surface area contributed by atoms with E-state index in [-0.39, 0.29) is 11.7 Å². The Bertz CT molecular complexity index is 1810. The number of aromatic nitrogens is 4. The molecule has 1 aliphatic carbocycles. The van der Waals surface area contributed by atoms with Gasteiger partial charge in [-0.2, -0.15) is 0 Å². The second-order valence-electron chi connectivity index (χ2n) is 10.2. The second-order valence-corrected chi connectivity index (χ2v) is 12.3. The highest BCUT2D eigenvalue weighted by atomic mass is 32.2. The van der Waals surface area contributed by atoms with Gasteiger partial charge in [-0.25, -0.2) is 9.78 Å². The summed E-state index contributed by atoms with van der Waals surface area (Å²) in [4.78, 5) is 31.9. The number of thioether (sulfide) groups is 1. The predicted molar refractivity (Wildman–Crippen MR) is 173 cm³/mol. The van der Waals surface area contributed by atoms with Crippen molar-refractivity contribution in [3.05, 3.63) is 89.3 Å². The van der Waals surface area contributed by atoms with Crippen molar-refractivity contribution in [1.82, 2.24) is 19.7 Å². The van der Waals surface area contributed by atoms with Crippen molar-refractivity contribution in [2.45, 2.75) is 43.8 Å². The lowest BCUT2D eigenvalue weighted by atomic mass is 10.0. The van der Waals surface area contributed by atoms with Crippen LogP contribution < -0.4 is 5.32 Å². The molecule has 0 spiro atoms. The van der Waals surface area contributed by atoms with E-state index in [9.17, 15) is 9.59 Å². The molecule has 0 aliphatic heterocycles. The summed E-state index contributed by atoms with van der Waals surface area (Å²) in [6.07, 6.45) is 6.77. The largest absolute Gasteiger partial charge is 0.465 e. The van der Waals surface area contributed by atoms with Crippen LogP contribution in [0.1, 0.15) is 40.1 Å². The average Bonchev–Trinajstić information content (AvgIpc) is 3.51. The monoisotopic (exact) mass is 609 g/mol. The van der Waals surface area contributed by atoms with Crippen LogP contribution in [0.4, 0.5) is 5.00 Å². The summed E-state index contributed by atoms with van der Waals surface area (Å²) in [5.41, 5.74) is 5.12. The van der Waals surface area contributed by atoms with Crippen LogP contribution >= 0.6 is 23.1 Å². The first-order valence-electron chi connectivity index (χ1n) is 14.2. The number of nitrogens with one attached hydrogen (secondary N) is 1. The number of para-hydroxylation sites is 1. The number of thiophene rings is 1. The number of ether oxygens (including phenoxy) is 1. The highest BCUT2D eigenvalue weighted by Gasteiger charge is 2.26. The molecule has 43 heavy (non-hydrogen) atoms. The van der Waals surface area contributed by atoms with E-state index in [1.54, 1.807) is 6.08 Å². The van der Waals surface area contributed by atoms with Crippen molar-refractivity contribution >= 4 is 50.9 Å². The number of fused-ring (bicyclic) bond motifs is 2. The molecule has 2 aromatic carbocycles. The summed E-state index contributed by atoms with van der Waals surface area (Å²) in [5, 5.41) is 14.2. The van der Waals surface area contributed by atoms with E-state index in [1.807, 2.05) is 65.2 Å². The molecule has 0 saturated heterocycles. The molecule has 5 aromatic rings. The van der Waals surface area contributed by atoms with Crippen molar-refractivity contribution in [3.63, 3.8) is 0 Å². The fourth-order valence-electron chi connectivity index (χ4n) is 5.45. The van der Waals surface area contributed by atoms with Crippen LogP contribution in [0.5, 0.6) is 0 Å². The normalized spacial score (nSPS) is 12.9. The van der Waals surface area contributed by atoms with Gasteiger partial charge in [0.1, 0.15) is 5.00 Å². The number of pyridine rings is 1. The van der Waals surface area contributed by atoms with E-state index < -0.39 is 5.97 Å². The molecule has 10 heteroatoms. The quantitative estimate of drug-likeness (QED) is 0.0817. The minimum atomic E-state index is -0.405. The van der Waals surface area contributed by atoms with Crippen LogP contribution in [-0.4, -0.2) is 44.5 Å². The molecule has 1 amide bonds. The van der Waals surface area contributed by atoms with Gasteiger partial charge in [0.2, 0.25) is 5.91 Å². The van der Waals surface area contributed by atoms with Crippen LogP contribution in [0.2, 0.25) is 0 Å². The first-order chi connectivity index (χ1) is 21.1. The van der Waals surface area contributed by atoms with Gasteiger partial charge in [-0.1, -0.05) is 72.8 Å². The maximum absolute atomic E-state index is 13.2. The lowest BCUT2D eigenvalue weighted by molar-refractivity contribution is -0.113. The van der Waals surface area contributed by atoms with Crippen LogP contribution in [0.15, 0.2) is 78.5 Å². The number of allylic oxidation sites excluding steroid dienone is 1. The molecule has 8 nitrogen and oxygen atoms in total. The van der Waals surface area contributed by atoms with Gasteiger partial charge in [0.05, 0.1) is 29.6 Å². The zero-order valence-corrected chi connectivity index (χ0v) is 25.5. The second kappa shape index (κ2) is 12.9. The number of hydrogen-bond donors (Lipinski definition) is 1. The number of carbonyl (C=O) groups excluding carboxylic acids is 2. The zero-order valence-electron chi connectivity index (χ0n) is 23.8. The van der Waals surface area contributed by atoms with Crippen molar-refractivity contribution in [2.24, 2.45) is 0 Å². The third kappa shape index (κ3) is 5.98. The first kappa shape index (κ1) is 28.8. The van der Waals surface area contributed by atoms with Gasteiger partial charge in [0.15, 0.2) is 11.0 Å². The number of aryl methyl sites for hydroxylation is 1. The number of anilines is 1. The molecular weight excluding hydrogens is 579 g/mol. The number of methoxy groups -OCH3 is 1. The Morgan fingerprint density at radius 2 is 1.86 bits per heavy atom. The van der Waals surface area contributed by atoms with Gasteiger partial charge >= 0.3 is 5.97 Å². The summed E-state index contributed by atoms with van der Waals surface area (Å²) >= 11 is 2.78. The Balaban J connectivity index is 1.28. The van der Waals surface area contributed by atoms with Gasteiger partial charge in [-0.05, 0) is 43.4 Å². The number of carbonyl (C=O) groups is 2. The standard InChI is InChI=1S/C33H31N5O3S2/c1-3-18-38-30(24-19-26(21-12-6-4-7-13-21)34-25-16-11-10-14-22(24)25)36-37-33(38)42-20-28(39)35-31-29(32(40)41-2)23-15-8-5-9-17-27(23)43-31/h3-4,6-7,10-14,16,19H,1,5,8-9,15,17-18,20H2,2H3,(H,35,39). The fraction of sp³-hybridized carbons (Fsp3) is 0.242. The molecule has 0 atom stereocenters. The highest BCUT2D eigenvalue weighted by Crippen LogP contribution is 2.38.